The van der Waals surface area contributed by atoms with Crippen LogP contribution in [0.1, 0.15) is 0 Å². The van der Waals surface area contributed by atoms with Crippen molar-refractivity contribution in [2.45, 2.75) is 0 Å². The number of H-pyrrole nitrogens is 1. The number of aromatic amines is 1. The van der Waals surface area contributed by atoms with Crippen molar-refractivity contribution in [3.05, 3.63) is 109 Å². The van der Waals surface area contributed by atoms with Gasteiger partial charge < -0.3 is 4.57 Å². The molecular weight excluding hydrogens is 399 g/mol. The van der Waals surface area contributed by atoms with Crippen molar-refractivity contribution < 1.29 is 4.57 Å². The molecule has 148 valence electrons. The first kappa shape index (κ1) is 18.1. The van der Waals surface area contributed by atoms with Crippen LogP contribution in [0.15, 0.2) is 109 Å². The predicted octanol–water partition coefficient (Wildman–Crippen LogP) is 5.36. The number of nitrogens with one attached hydrogen (secondary N) is 1. The minimum Gasteiger partial charge on any atom is -0.309 e. The molecule has 2 heterocycles. The first-order chi connectivity index (χ1) is 15.2. The summed E-state index contributed by atoms with van der Waals surface area (Å²) in [4.78, 5) is 0. The topological polar surface area (TPSA) is 45.8 Å². The lowest BCUT2D eigenvalue weighted by molar-refractivity contribution is 0.593. The third-order valence-electron chi connectivity index (χ3n) is 5.95. The Hall–Kier alpha value is -3.68. The van der Waals surface area contributed by atoms with E-state index in [1.165, 1.54) is 0 Å². The van der Waals surface area contributed by atoms with Crippen molar-refractivity contribution in [3.63, 3.8) is 0 Å². The molecule has 5 aromatic rings. The van der Waals surface area contributed by atoms with Crippen molar-refractivity contribution in [1.29, 1.82) is 0 Å². The largest absolute Gasteiger partial charge is 0.309 e. The highest BCUT2D eigenvalue weighted by Gasteiger charge is 2.40. The standard InChI is InChI=1S/C27H19N2OP/c30-31(21-11-5-2-6-12-21)26-14-8-7-13-22(26)23-16-15-20(17-27(23)31)25-18-24(28-29-25)19-9-3-1-4-10-19/h1-18H,(H,28,29). The highest BCUT2D eigenvalue weighted by Crippen LogP contribution is 2.52. The molecule has 3 nitrogen and oxygen atoms in total. The fourth-order valence-electron chi connectivity index (χ4n) is 4.44. The molecular formula is C27H19N2OP. The molecule has 4 aromatic carbocycles. The summed E-state index contributed by atoms with van der Waals surface area (Å²) in [6.45, 7) is 0. The van der Waals surface area contributed by atoms with Crippen LogP contribution in [-0.4, -0.2) is 10.2 Å². The van der Waals surface area contributed by atoms with E-state index in [2.05, 4.69) is 46.6 Å². The SMILES string of the molecule is O=P1(c2ccccc2)c2ccccc2-c2ccc(-c3cc(-c4ccccc4)[nH]n3)cc21. The molecule has 1 atom stereocenters. The van der Waals surface area contributed by atoms with E-state index in [0.717, 1.165) is 49.6 Å². The zero-order chi connectivity index (χ0) is 20.8. The van der Waals surface area contributed by atoms with E-state index < -0.39 is 7.14 Å². The van der Waals surface area contributed by atoms with Crippen LogP contribution in [0.5, 0.6) is 0 Å². The Kier molecular flexibility index (Phi) is 4.05. The van der Waals surface area contributed by atoms with Gasteiger partial charge in [-0.1, -0.05) is 97.1 Å². The van der Waals surface area contributed by atoms with Crippen molar-refractivity contribution in [2.24, 2.45) is 0 Å². The average Bonchev–Trinajstić information content (AvgIpc) is 3.43. The van der Waals surface area contributed by atoms with Gasteiger partial charge in [0.1, 0.15) is 0 Å². The van der Waals surface area contributed by atoms with Crippen LogP contribution in [0.3, 0.4) is 0 Å². The summed E-state index contributed by atoms with van der Waals surface area (Å²) < 4.78 is 14.6. The Morgan fingerprint density at radius 2 is 1.29 bits per heavy atom. The zero-order valence-corrected chi connectivity index (χ0v) is 17.6. The molecule has 1 aromatic heterocycles. The summed E-state index contributed by atoms with van der Waals surface area (Å²) in [5.41, 5.74) is 5.96. The summed E-state index contributed by atoms with van der Waals surface area (Å²) in [5, 5.41) is 10.4. The maximum Gasteiger partial charge on any atom is 0.172 e. The minimum atomic E-state index is -2.94. The second-order valence-corrected chi connectivity index (χ2v) is 10.4. The van der Waals surface area contributed by atoms with Gasteiger partial charge in [0.25, 0.3) is 0 Å². The van der Waals surface area contributed by atoms with E-state index >= 15 is 0 Å². The van der Waals surface area contributed by atoms with Crippen molar-refractivity contribution in [3.8, 4) is 33.6 Å². The van der Waals surface area contributed by atoms with Crippen LogP contribution in [0.2, 0.25) is 0 Å². The molecule has 0 bridgehead atoms. The third kappa shape index (κ3) is 2.74. The second kappa shape index (κ2) is 6.94. The molecule has 0 spiro atoms. The molecule has 0 amide bonds. The number of hydrogen-bond acceptors (Lipinski definition) is 2. The molecule has 31 heavy (non-hydrogen) atoms. The molecule has 0 saturated heterocycles. The van der Waals surface area contributed by atoms with E-state index in [0.29, 0.717) is 0 Å². The Balaban J connectivity index is 1.53. The molecule has 0 saturated carbocycles. The fourth-order valence-corrected chi connectivity index (χ4v) is 7.53. The molecule has 0 aliphatic carbocycles. The van der Waals surface area contributed by atoms with Gasteiger partial charge in [-0.15, -0.1) is 0 Å². The van der Waals surface area contributed by atoms with Crippen molar-refractivity contribution >= 4 is 23.1 Å². The number of benzene rings is 4. The Morgan fingerprint density at radius 3 is 2.10 bits per heavy atom. The van der Waals surface area contributed by atoms with Gasteiger partial charge in [0.15, 0.2) is 7.14 Å². The van der Waals surface area contributed by atoms with Crippen LogP contribution < -0.4 is 15.9 Å². The zero-order valence-electron chi connectivity index (χ0n) is 16.7. The van der Waals surface area contributed by atoms with E-state index in [1.54, 1.807) is 0 Å². The van der Waals surface area contributed by atoms with Gasteiger partial charge in [-0.2, -0.15) is 5.10 Å². The average molecular weight is 418 g/mol. The first-order valence-electron chi connectivity index (χ1n) is 10.3. The van der Waals surface area contributed by atoms with Gasteiger partial charge in [-0.3, -0.25) is 5.10 Å². The molecule has 1 N–H and O–H groups in total. The quantitative estimate of drug-likeness (QED) is 0.393. The lowest BCUT2D eigenvalue weighted by atomic mass is 10.0. The summed E-state index contributed by atoms with van der Waals surface area (Å²) in [6.07, 6.45) is 0. The fraction of sp³-hybridized carbons (Fsp3) is 0. The Morgan fingerprint density at radius 1 is 0.613 bits per heavy atom. The molecule has 4 heteroatoms. The Labute approximate surface area is 180 Å². The maximum atomic E-state index is 14.6. The lowest BCUT2D eigenvalue weighted by Crippen LogP contribution is -2.20. The van der Waals surface area contributed by atoms with Crippen LogP contribution in [0, 0.1) is 0 Å². The number of rotatable bonds is 3. The normalized spacial score (nSPS) is 16.6. The number of nitrogens with zero attached hydrogens (tertiary/aromatic N) is 1. The molecule has 6 rings (SSSR count). The van der Waals surface area contributed by atoms with Crippen LogP contribution >= 0.6 is 7.14 Å². The summed E-state index contributed by atoms with van der Waals surface area (Å²) in [5.74, 6) is 0. The van der Waals surface area contributed by atoms with Gasteiger partial charge in [-0.25, -0.2) is 0 Å². The summed E-state index contributed by atoms with van der Waals surface area (Å²) in [7, 11) is -2.94. The number of aromatic nitrogens is 2. The van der Waals surface area contributed by atoms with Crippen LogP contribution in [0.4, 0.5) is 0 Å². The van der Waals surface area contributed by atoms with E-state index in [1.807, 2.05) is 72.8 Å². The smallest absolute Gasteiger partial charge is 0.172 e. The van der Waals surface area contributed by atoms with E-state index in [9.17, 15) is 4.57 Å². The van der Waals surface area contributed by atoms with Gasteiger partial charge >= 0.3 is 0 Å². The molecule has 0 fully saturated rings. The molecule has 0 radical (unpaired) electrons. The van der Waals surface area contributed by atoms with E-state index in [4.69, 9.17) is 0 Å². The third-order valence-corrected chi connectivity index (χ3v) is 9.09. The minimum absolute atomic E-state index is 0.845. The highest BCUT2D eigenvalue weighted by atomic mass is 31.2. The van der Waals surface area contributed by atoms with Crippen molar-refractivity contribution in [1.82, 2.24) is 10.2 Å². The number of hydrogen-bond donors (Lipinski definition) is 1. The molecule has 1 aliphatic rings. The highest BCUT2D eigenvalue weighted by molar-refractivity contribution is 7.86. The van der Waals surface area contributed by atoms with Crippen LogP contribution in [0.25, 0.3) is 33.6 Å². The summed E-state index contributed by atoms with van der Waals surface area (Å²) >= 11 is 0. The summed E-state index contributed by atoms with van der Waals surface area (Å²) in [6, 6.07) is 36.3. The van der Waals surface area contributed by atoms with Gasteiger partial charge in [0, 0.05) is 21.5 Å². The number of fused-ring (bicyclic) bond motifs is 3. The monoisotopic (exact) mass is 418 g/mol. The van der Waals surface area contributed by atoms with Gasteiger partial charge in [0.2, 0.25) is 0 Å². The second-order valence-electron chi connectivity index (χ2n) is 7.73. The van der Waals surface area contributed by atoms with Gasteiger partial charge in [0.05, 0.1) is 11.4 Å². The maximum absolute atomic E-state index is 14.6. The first-order valence-corrected chi connectivity index (χ1v) is 12.0. The van der Waals surface area contributed by atoms with Gasteiger partial charge in [-0.05, 0) is 28.8 Å². The lowest BCUT2D eigenvalue weighted by Gasteiger charge is -2.16. The Bertz CT molecular complexity index is 1460. The predicted molar refractivity (Wildman–Crippen MR) is 128 cm³/mol. The molecule has 1 aliphatic heterocycles. The molecule has 1 unspecified atom stereocenters. The van der Waals surface area contributed by atoms with E-state index in [-0.39, 0.29) is 0 Å². The van der Waals surface area contributed by atoms with Crippen LogP contribution in [-0.2, 0) is 4.57 Å². The van der Waals surface area contributed by atoms with Crippen molar-refractivity contribution in [2.75, 3.05) is 0 Å².